The summed E-state index contributed by atoms with van der Waals surface area (Å²) < 4.78 is 11.7. The number of hydrogen-bond acceptors (Lipinski definition) is 8. The van der Waals surface area contributed by atoms with Crippen LogP contribution in [0, 0.1) is 0 Å². The minimum atomic E-state index is -0.151. The Morgan fingerprint density at radius 1 is 1.31 bits per heavy atom. The third kappa shape index (κ3) is 4.55. The van der Waals surface area contributed by atoms with Gasteiger partial charge in [-0.25, -0.2) is 9.97 Å². The Hall–Kier alpha value is -2.52. The van der Waals surface area contributed by atoms with Crippen LogP contribution in [0.15, 0.2) is 29.2 Å². The molecule has 0 fully saturated rings. The van der Waals surface area contributed by atoms with Crippen molar-refractivity contribution in [2.45, 2.75) is 26.3 Å². The standard InChI is InChI=1S/C17H21N5O3S/c1-3-4-13-9-15(23)22-17(20-13)26-16(21-22)19-11-12-5-6-14(18-10-12)25-8-7-24-2/h5-6,9-10H,3-4,7-8,11H2,1-2H3,(H,19,21). The molecule has 0 amide bonds. The third-order valence-electron chi connectivity index (χ3n) is 3.58. The molecule has 1 N–H and O–H groups in total. The van der Waals surface area contributed by atoms with Gasteiger partial charge in [0.2, 0.25) is 16.0 Å². The molecule has 0 aliphatic heterocycles. The first-order valence-corrected chi connectivity index (χ1v) is 9.21. The van der Waals surface area contributed by atoms with E-state index in [-0.39, 0.29) is 5.56 Å². The van der Waals surface area contributed by atoms with Crippen LogP contribution in [0.1, 0.15) is 24.6 Å². The van der Waals surface area contributed by atoms with Crippen LogP contribution in [0.3, 0.4) is 0 Å². The van der Waals surface area contributed by atoms with E-state index in [1.165, 1.54) is 15.9 Å². The van der Waals surface area contributed by atoms with Gasteiger partial charge in [0.15, 0.2) is 0 Å². The molecule has 0 unspecified atom stereocenters. The van der Waals surface area contributed by atoms with Gasteiger partial charge >= 0.3 is 0 Å². The second-order valence-corrected chi connectivity index (χ2v) is 6.59. The van der Waals surface area contributed by atoms with Gasteiger partial charge in [-0.15, -0.1) is 5.10 Å². The van der Waals surface area contributed by atoms with Gasteiger partial charge in [-0.05, 0) is 12.0 Å². The number of anilines is 1. The molecule has 3 rings (SSSR count). The quantitative estimate of drug-likeness (QED) is 0.573. The molecule has 0 saturated heterocycles. The number of pyridine rings is 1. The van der Waals surface area contributed by atoms with Crippen molar-refractivity contribution in [2.75, 3.05) is 25.6 Å². The van der Waals surface area contributed by atoms with E-state index in [9.17, 15) is 4.79 Å². The number of rotatable bonds is 9. The molecule has 3 aromatic heterocycles. The van der Waals surface area contributed by atoms with Gasteiger partial charge < -0.3 is 14.8 Å². The molecule has 0 bridgehead atoms. The Bertz CT molecular complexity index is 907. The zero-order chi connectivity index (χ0) is 18.4. The summed E-state index contributed by atoms with van der Waals surface area (Å²) in [7, 11) is 1.63. The zero-order valence-electron chi connectivity index (χ0n) is 14.8. The van der Waals surface area contributed by atoms with Crippen LogP contribution < -0.4 is 15.6 Å². The van der Waals surface area contributed by atoms with E-state index in [0.717, 1.165) is 24.1 Å². The highest BCUT2D eigenvalue weighted by atomic mass is 32.1. The lowest BCUT2D eigenvalue weighted by molar-refractivity contribution is 0.143. The number of methoxy groups -OCH3 is 1. The zero-order valence-corrected chi connectivity index (χ0v) is 15.6. The minimum absolute atomic E-state index is 0.151. The Morgan fingerprint density at radius 2 is 2.19 bits per heavy atom. The van der Waals surface area contributed by atoms with Crippen molar-refractivity contribution in [3.8, 4) is 5.88 Å². The predicted molar refractivity (Wildman–Crippen MR) is 100 cm³/mol. The first-order valence-electron chi connectivity index (χ1n) is 8.40. The molecule has 0 aliphatic rings. The number of aryl methyl sites for hydroxylation is 1. The molecule has 26 heavy (non-hydrogen) atoms. The number of nitrogens with zero attached hydrogens (tertiary/aromatic N) is 4. The Morgan fingerprint density at radius 3 is 2.92 bits per heavy atom. The topological polar surface area (TPSA) is 90.6 Å². The van der Waals surface area contributed by atoms with Crippen LogP contribution in [-0.2, 0) is 17.7 Å². The van der Waals surface area contributed by atoms with E-state index in [4.69, 9.17) is 9.47 Å². The highest BCUT2D eigenvalue weighted by Crippen LogP contribution is 2.18. The van der Waals surface area contributed by atoms with Crippen molar-refractivity contribution in [3.05, 3.63) is 46.0 Å². The lowest BCUT2D eigenvalue weighted by atomic mass is 10.2. The van der Waals surface area contributed by atoms with E-state index in [2.05, 4.69) is 27.3 Å². The fourth-order valence-corrected chi connectivity index (χ4v) is 3.14. The molecule has 3 aromatic rings. The number of aromatic nitrogens is 4. The maximum atomic E-state index is 12.1. The number of nitrogens with one attached hydrogen (secondary N) is 1. The molecule has 0 aliphatic carbocycles. The number of hydrogen-bond donors (Lipinski definition) is 1. The lowest BCUT2D eigenvalue weighted by Gasteiger charge is -2.06. The molecule has 0 aromatic carbocycles. The Balaban J connectivity index is 1.64. The first-order chi connectivity index (χ1) is 12.7. The fourth-order valence-electron chi connectivity index (χ4n) is 2.32. The van der Waals surface area contributed by atoms with Crippen molar-refractivity contribution < 1.29 is 9.47 Å². The third-order valence-corrected chi connectivity index (χ3v) is 4.45. The SMILES string of the molecule is CCCc1cc(=O)n2nc(NCc3ccc(OCCOC)nc3)sc2n1. The van der Waals surface area contributed by atoms with Crippen LogP contribution in [0.2, 0.25) is 0 Å². The van der Waals surface area contributed by atoms with Crippen molar-refractivity contribution in [1.82, 2.24) is 19.6 Å². The van der Waals surface area contributed by atoms with E-state index < -0.39 is 0 Å². The summed E-state index contributed by atoms with van der Waals surface area (Å²) in [5, 5.41) is 8.14. The highest BCUT2D eigenvalue weighted by molar-refractivity contribution is 7.20. The Kier molecular flexibility index (Phi) is 6.13. The van der Waals surface area contributed by atoms with Gasteiger partial charge in [0, 0.05) is 37.7 Å². The smallest absolute Gasteiger partial charge is 0.275 e. The van der Waals surface area contributed by atoms with Gasteiger partial charge in [-0.1, -0.05) is 30.7 Å². The maximum Gasteiger partial charge on any atom is 0.275 e. The molecule has 3 heterocycles. The molecular formula is C17H21N5O3S. The van der Waals surface area contributed by atoms with Crippen LogP contribution in [0.5, 0.6) is 5.88 Å². The average molecular weight is 375 g/mol. The lowest BCUT2D eigenvalue weighted by Crippen LogP contribution is -2.15. The van der Waals surface area contributed by atoms with Crippen molar-refractivity contribution in [2.24, 2.45) is 0 Å². The van der Waals surface area contributed by atoms with E-state index in [1.807, 2.05) is 12.1 Å². The molecule has 0 atom stereocenters. The molecule has 0 radical (unpaired) electrons. The van der Waals surface area contributed by atoms with Gasteiger partial charge in [-0.2, -0.15) is 4.52 Å². The summed E-state index contributed by atoms with van der Waals surface area (Å²) in [5.41, 5.74) is 1.64. The van der Waals surface area contributed by atoms with Gasteiger partial charge in [-0.3, -0.25) is 4.79 Å². The summed E-state index contributed by atoms with van der Waals surface area (Å²) in [6, 6.07) is 5.29. The molecule has 138 valence electrons. The summed E-state index contributed by atoms with van der Waals surface area (Å²) in [6.45, 7) is 3.59. The molecular weight excluding hydrogens is 354 g/mol. The molecule has 8 nitrogen and oxygen atoms in total. The Labute approximate surface area is 154 Å². The van der Waals surface area contributed by atoms with Crippen molar-refractivity contribution >= 4 is 21.4 Å². The monoisotopic (exact) mass is 375 g/mol. The normalized spacial score (nSPS) is 11.0. The van der Waals surface area contributed by atoms with Crippen molar-refractivity contribution in [3.63, 3.8) is 0 Å². The van der Waals surface area contributed by atoms with Gasteiger partial charge in [0.25, 0.3) is 5.56 Å². The molecule has 0 spiro atoms. The number of fused-ring (bicyclic) bond motifs is 1. The predicted octanol–water partition coefficient (Wildman–Crippen LogP) is 2.14. The fraction of sp³-hybridized carbons (Fsp3) is 0.412. The summed E-state index contributed by atoms with van der Waals surface area (Å²) in [6.07, 6.45) is 3.48. The van der Waals surface area contributed by atoms with Gasteiger partial charge in [0.1, 0.15) is 6.61 Å². The molecule has 0 saturated carbocycles. The largest absolute Gasteiger partial charge is 0.475 e. The van der Waals surface area contributed by atoms with E-state index in [1.54, 1.807) is 19.4 Å². The minimum Gasteiger partial charge on any atom is -0.475 e. The molecule has 9 heteroatoms. The van der Waals surface area contributed by atoms with Gasteiger partial charge in [0.05, 0.1) is 6.61 Å². The van der Waals surface area contributed by atoms with Crippen LogP contribution in [-0.4, -0.2) is 39.9 Å². The van der Waals surface area contributed by atoms with Crippen LogP contribution in [0.4, 0.5) is 5.13 Å². The second-order valence-electron chi connectivity index (χ2n) is 5.64. The number of ether oxygens (including phenoxy) is 2. The van der Waals surface area contributed by atoms with E-state index in [0.29, 0.717) is 35.7 Å². The highest BCUT2D eigenvalue weighted by Gasteiger charge is 2.09. The summed E-state index contributed by atoms with van der Waals surface area (Å²) in [5.74, 6) is 0.560. The summed E-state index contributed by atoms with van der Waals surface area (Å²) in [4.78, 5) is 21.5. The first kappa shape index (κ1) is 18.3. The maximum absolute atomic E-state index is 12.1. The van der Waals surface area contributed by atoms with E-state index >= 15 is 0 Å². The average Bonchev–Trinajstić information content (AvgIpc) is 3.05. The summed E-state index contributed by atoms with van der Waals surface area (Å²) >= 11 is 1.36. The van der Waals surface area contributed by atoms with Crippen molar-refractivity contribution in [1.29, 1.82) is 0 Å². The second kappa shape index (κ2) is 8.72. The van der Waals surface area contributed by atoms with Crippen LogP contribution in [0.25, 0.3) is 4.96 Å². The van der Waals surface area contributed by atoms with Crippen LogP contribution >= 0.6 is 11.3 Å².